The lowest BCUT2D eigenvalue weighted by atomic mass is 9.76. The Labute approximate surface area is 101 Å². The molecule has 0 aliphatic carbocycles. The zero-order chi connectivity index (χ0) is 12.3. The molecule has 1 saturated heterocycles. The van der Waals surface area contributed by atoms with Crippen molar-refractivity contribution in [3.63, 3.8) is 0 Å². The van der Waals surface area contributed by atoms with Gasteiger partial charge in [-0.05, 0) is 19.8 Å². The van der Waals surface area contributed by atoms with E-state index in [1.54, 1.807) is 6.20 Å². The number of Topliss-reactive ketones (excluding diaryl/α,β-unsaturated/α-hetero) is 1. The summed E-state index contributed by atoms with van der Waals surface area (Å²) >= 11 is 0. The molecule has 1 aliphatic heterocycles. The minimum Gasteiger partial charge on any atom is -0.381 e. The van der Waals surface area contributed by atoms with Gasteiger partial charge in [-0.25, -0.2) is 4.98 Å². The number of carbonyl (C=O) groups excluding carboxylic acids is 1. The molecule has 5 nitrogen and oxygen atoms in total. The van der Waals surface area contributed by atoms with Gasteiger partial charge < -0.3 is 15.0 Å². The van der Waals surface area contributed by atoms with Gasteiger partial charge in [0, 0.05) is 38.7 Å². The van der Waals surface area contributed by atoms with Crippen molar-refractivity contribution in [3.8, 4) is 0 Å². The molecule has 17 heavy (non-hydrogen) atoms. The predicted octanol–water partition coefficient (Wildman–Crippen LogP) is 0.841. The Morgan fingerprint density at radius 1 is 1.59 bits per heavy atom. The van der Waals surface area contributed by atoms with Crippen molar-refractivity contribution in [1.82, 2.24) is 9.55 Å². The molecule has 0 spiro atoms. The number of nitrogens with zero attached hydrogens (tertiary/aromatic N) is 2. The molecule has 0 atom stereocenters. The van der Waals surface area contributed by atoms with E-state index in [1.807, 2.05) is 17.7 Å². The van der Waals surface area contributed by atoms with Crippen LogP contribution in [0, 0.1) is 5.41 Å². The molecule has 2 N–H and O–H groups in total. The summed E-state index contributed by atoms with van der Waals surface area (Å²) in [6.45, 7) is 4.33. The first-order valence-electron chi connectivity index (χ1n) is 6.07. The molecule has 2 rings (SSSR count). The normalized spacial score (nSPS) is 19.2. The molecule has 1 aliphatic rings. The molecule has 1 aromatic heterocycles. The van der Waals surface area contributed by atoms with Crippen molar-refractivity contribution in [3.05, 3.63) is 18.2 Å². The van der Waals surface area contributed by atoms with Crippen molar-refractivity contribution in [2.45, 2.75) is 26.3 Å². The number of imidazole rings is 1. The van der Waals surface area contributed by atoms with Gasteiger partial charge in [-0.3, -0.25) is 4.79 Å². The van der Waals surface area contributed by atoms with Crippen molar-refractivity contribution >= 4 is 5.78 Å². The summed E-state index contributed by atoms with van der Waals surface area (Å²) in [5.41, 5.74) is 5.35. The highest BCUT2D eigenvalue weighted by Crippen LogP contribution is 2.32. The van der Waals surface area contributed by atoms with Gasteiger partial charge in [0.05, 0.1) is 5.41 Å². The van der Waals surface area contributed by atoms with Gasteiger partial charge >= 0.3 is 0 Å². The maximum absolute atomic E-state index is 12.6. The Kier molecular flexibility index (Phi) is 3.59. The lowest BCUT2D eigenvalue weighted by Gasteiger charge is -2.34. The average molecular weight is 237 g/mol. The number of hydrogen-bond donors (Lipinski definition) is 1. The monoisotopic (exact) mass is 237 g/mol. The van der Waals surface area contributed by atoms with E-state index in [-0.39, 0.29) is 5.78 Å². The van der Waals surface area contributed by atoms with Crippen molar-refractivity contribution < 1.29 is 9.53 Å². The average Bonchev–Trinajstić information content (AvgIpc) is 2.86. The Balaban J connectivity index is 2.28. The molecule has 0 amide bonds. The SMILES string of the molecule is CCn1ccnc1C(=O)C1(CN)CCOCC1. The quantitative estimate of drug-likeness (QED) is 0.788. The fraction of sp³-hybridized carbons (Fsp3) is 0.667. The number of rotatable bonds is 4. The van der Waals surface area contributed by atoms with Crippen LogP contribution in [0.25, 0.3) is 0 Å². The highest BCUT2D eigenvalue weighted by molar-refractivity contribution is 5.98. The van der Waals surface area contributed by atoms with Gasteiger partial charge in [0.25, 0.3) is 0 Å². The van der Waals surface area contributed by atoms with E-state index in [2.05, 4.69) is 4.98 Å². The zero-order valence-electron chi connectivity index (χ0n) is 10.2. The van der Waals surface area contributed by atoms with Crippen LogP contribution in [0.15, 0.2) is 12.4 Å². The van der Waals surface area contributed by atoms with Crippen LogP contribution in [0.3, 0.4) is 0 Å². The summed E-state index contributed by atoms with van der Waals surface area (Å²) in [4.78, 5) is 16.7. The van der Waals surface area contributed by atoms with Crippen LogP contribution in [-0.4, -0.2) is 35.1 Å². The Morgan fingerprint density at radius 2 is 2.29 bits per heavy atom. The highest BCUT2D eigenvalue weighted by atomic mass is 16.5. The topological polar surface area (TPSA) is 70.1 Å². The molecular weight excluding hydrogens is 218 g/mol. The van der Waals surface area contributed by atoms with E-state index in [0.717, 1.165) is 6.54 Å². The first-order chi connectivity index (χ1) is 8.23. The minimum atomic E-state index is -0.476. The van der Waals surface area contributed by atoms with E-state index < -0.39 is 5.41 Å². The van der Waals surface area contributed by atoms with E-state index in [4.69, 9.17) is 10.5 Å². The molecule has 0 unspecified atom stereocenters. The third-order valence-electron chi connectivity index (χ3n) is 3.58. The number of hydrogen-bond acceptors (Lipinski definition) is 4. The molecule has 2 heterocycles. The lowest BCUT2D eigenvalue weighted by molar-refractivity contribution is 0.0191. The molecule has 0 saturated carbocycles. The van der Waals surface area contributed by atoms with Crippen LogP contribution < -0.4 is 5.73 Å². The maximum atomic E-state index is 12.6. The standard InChI is InChI=1S/C12H19N3O2/c1-2-15-6-5-14-11(15)10(16)12(9-13)3-7-17-8-4-12/h5-6H,2-4,7-9,13H2,1H3. The van der Waals surface area contributed by atoms with Gasteiger partial charge in [-0.2, -0.15) is 0 Å². The van der Waals surface area contributed by atoms with Crippen molar-refractivity contribution in [1.29, 1.82) is 0 Å². The van der Waals surface area contributed by atoms with Crippen LogP contribution in [0.2, 0.25) is 0 Å². The van der Waals surface area contributed by atoms with E-state index in [1.165, 1.54) is 0 Å². The van der Waals surface area contributed by atoms with Gasteiger partial charge in [0.1, 0.15) is 0 Å². The van der Waals surface area contributed by atoms with Crippen LogP contribution in [0.5, 0.6) is 0 Å². The molecule has 1 fully saturated rings. The molecule has 94 valence electrons. The minimum absolute atomic E-state index is 0.0650. The Bertz CT molecular complexity index is 394. The summed E-state index contributed by atoms with van der Waals surface area (Å²) in [7, 11) is 0. The van der Waals surface area contributed by atoms with Gasteiger partial charge in [0.2, 0.25) is 5.78 Å². The first-order valence-corrected chi connectivity index (χ1v) is 6.07. The number of carbonyl (C=O) groups is 1. The van der Waals surface area contributed by atoms with Crippen LogP contribution in [-0.2, 0) is 11.3 Å². The Hall–Kier alpha value is -1.20. The second kappa shape index (κ2) is 4.98. The molecule has 1 aromatic rings. The van der Waals surface area contributed by atoms with E-state index >= 15 is 0 Å². The molecule has 0 radical (unpaired) electrons. The smallest absolute Gasteiger partial charge is 0.205 e. The largest absolute Gasteiger partial charge is 0.381 e. The molecular formula is C12H19N3O2. The molecule has 0 aromatic carbocycles. The number of nitrogens with two attached hydrogens (primary N) is 1. The zero-order valence-corrected chi connectivity index (χ0v) is 10.2. The van der Waals surface area contributed by atoms with Crippen LogP contribution in [0.1, 0.15) is 30.4 Å². The number of ketones is 1. The maximum Gasteiger partial charge on any atom is 0.205 e. The van der Waals surface area contributed by atoms with Gasteiger partial charge in [0.15, 0.2) is 5.82 Å². The predicted molar refractivity (Wildman–Crippen MR) is 63.8 cm³/mol. The molecule has 5 heteroatoms. The number of aryl methyl sites for hydroxylation is 1. The lowest BCUT2D eigenvalue weighted by Crippen LogP contribution is -2.44. The summed E-state index contributed by atoms with van der Waals surface area (Å²) in [6.07, 6.45) is 4.88. The fourth-order valence-electron chi connectivity index (χ4n) is 2.30. The Morgan fingerprint density at radius 3 is 2.88 bits per heavy atom. The van der Waals surface area contributed by atoms with Gasteiger partial charge in [-0.1, -0.05) is 0 Å². The first kappa shape index (κ1) is 12.3. The summed E-state index contributed by atoms with van der Waals surface area (Å²) in [5, 5.41) is 0. The van der Waals surface area contributed by atoms with E-state index in [9.17, 15) is 4.79 Å². The number of aromatic nitrogens is 2. The summed E-state index contributed by atoms with van der Waals surface area (Å²) in [5.74, 6) is 0.593. The van der Waals surface area contributed by atoms with E-state index in [0.29, 0.717) is 38.4 Å². The molecule has 0 bridgehead atoms. The third kappa shape index (κ3) is 2.12. The second-order valence-electron chi connectivity index (χ2n) is 4.46. The summed E-state index contributed by atoms with van der Waals surface area (Å²) in [6, 6.07) is 0. The third-order valence-corrected chi connectivity index (χ3v) is 3.58. The van der Waals surface area contributed by atoms with Gasteiger partial charge in [-0.15, -0.1) is 0 Å². The number of ether oxygens (including phenoxy) is 1. The van der Waals surface area contributed by atoms with Crippen molar-refractivity contribution in [2.75, 3.05) is 19.8 Å². The van der Waals surface area contributed by atoms with Crippen LogP contribution in [0.4, 0.5) is 0 Å². The highest BCUT2D eigenvalue weighted by Gasteiger charge is 2.40. The van der Waals surface area contributed by atoms with Crippen LogP contribution >= 0.6 is 0 Å². The summed E-state index contributed by atoms with van der Waals surface area (Å²) < 4.78 is 7.19. The second-order valence-corrected chi connectivity index (χ2v) is 4.46. The fourth-order valence-corrected chi connectivity index (χ4v) is 2.30. The van der Waals surface area contributed by atoms with Crippen molar-refractivity contribution in [2.24, 2.45) is 11.1 Å².